The van der Waals surface area contributed by atoms with Crippen molar-refractivity contribution in [2.75, 3.05) is 24.3 Å². The summed E-state index contributed by atoms with van der Waals surface area (Å²) in [6, 6.07) is 5.63. The third-order valence-corrected chi connectivity index (χ3v) is 2.85. The van der Waals surface area contributed by atoms with Crippen molar-refractivity contribution in [2.45, 2.75) is 26.8 Å². The molecule has 4 N–H and O–H groups in total. The van der Waals surface area contributed by atoms with Gasteiger partial charge in [-0.1, -0.05) is 18.2 Å². The second kappa shape index (κ2) is 10.9. The Balaban J connectivity index is 0.000000763. The van der Waals surface area contributed by atoms with E-state index in [4.69, 9.17) is 21.4 Å². The fourth-order valence-corrected chi connectivity index (χ4v) is 1.66. The van der Waals surface area contributed by atoms with E-state index in [0.717, 1.165) is 16.8 Å². The van der Waals surface area contributed by atoms with Gasteiger partial charge in [0.1, 0.15) is 12.6 Å². The molecule has 0 fully saturated rings. The van der Waals surface area contributed by atoms with Gasteiger partial charge < -0.3 is 20.9 Å². The van der Waals surface area contributed by atoms with Crippen molar-refractivity contribution in [2.24, 2.45) is 5.73 Å². The van der Waals surface area contributed by atoms with Gasteiger partial charge in [-0.2, -0.15) is 0 Å². The first-order chi connectivity index (χ1) is 10.3. The number of aryl methyl sites for hydroxylation is 2. The second-order valence-corrected chi connectivity index (χ2v) is 4.97. The Morgan fingerprint density at radius 3 is 2.27 bits per heavy atom. The molecule has 0 aliphatic rings. The van der Waals surface area contributed by atoms with E-state index in [1.165, 1.54) is 0 Å². The summed E-state index contributed by atoms with van der Waals surface area (Å²) in [7, 11) is 0. The first kappa shape index (κ1) is 20.2. The van der Waals surface area contributed by atoms with Crippen LogP contribution < -0.4 is 11.1 Å². The third-order valence-electron chi connectivity index (χ3n) is 2.69. The van der Waals surface area contributed by atoms with Crippen molar-refractivity contribution in [3.63, 3.8) is 0 Å². The number of halogens is 1. The zero-order valence-corrected chi connectivity index (χ0v) is 13.8. The molecule has 6 nitrogen and oxygen atoms in total. The van der Waals surface area contributed by atoms with Crippen LogP contribution >= 0.6 is 11.6 Å². The number of aliphatic carboxylic acids is 1. The molecule has 0 unspecified atom stereocenters. The molecule has 0 aromatic heterocycles. The van der Waals surface area contributed by atoms with Gasteiger partial charge in [-0.15, -0.1) is 11.6 Å². The summed E-state index contributed by atoms with van der Waals surface area (Å²) < 4.78 is 4.97. The van der Waals surface area contributed by atoms with Crippen LogP contribution in [0.4, 0.5) is 5.69 Å². The number of carboxylic acids is 1. The molecule has 0 amide bonds. The summed E-state index contributed by atoms with van der Waals surface area (Å²) in [5.74, 6) is -0.930. The van der Waals surface area contributed by atoms with Gasteiger partial charge >= 0.3 is 11.9 Å². The molecule has 1 aromatic carbocycles. The number of hydrogen-bond donors (Lipinski definition) is 3. The highest BCUT2D eigenvalue weighted by molar-refractivity contribution is 6.18. The van der Waals surface area contributed by atoms with Crippen molar-refractivity contribution in [3.05, 3.63) is 29.3 Å². The normalized spacial score (nSPS) is 11.0. The van der Waals surface area contributed by atoms with Crippen LogP contribution in [0.5, 0.6) is 0 Å². The summed E-state index contributed by atoms with van der Waals surface area (Å²) >= 11 is 5.46. The van der Waals surface area contributed by atoms with Gasteiger partial charge in [-0.3, -0.25) is 4.79 Å². The number of nitrogens with one attached hydrogen (secondary N) is 1. The van der Waals surface area contributed by atoms with E-state index in [2.05, 4.69) is 11.1 Å². The predicted octanol–water partition coefficient (Wildman–Crippen LogP) is 1.92. The Kier molecular flexibility index (Phi) is 9.98. The number of carbonyl (C=O) groups is 2. The maximum atomic E-state index is 11.6. The minimum atomic E-state index is -0.968. The molecule has 0 aliphatic carbocycles. The molecule has 0 saturated heterocycles. The highest BCUT2D eigenvalue weighted by Crippen LogP contribution is 2.20. The van der Waals surface area contributed by atoms with Crippen LogP contribution in [-0.4, -0.2) is 42.1 Å². The number of esters is 1. The van der Waals surface area contributed by atoms with E-state index in [1.54, 1.807) is 6.92 Å². The third kappa shape index (κ3) is 7.85. The van der Waals surface area contributed by atoms with Crippen molar-refractivity contribution >= 4 is 29.2 Å². The molecular formula is C15H23ClN2O4. The van der Waals surface area contributed by atoms with E-state index < -0.39 is 5.97 Å². The highest BCUT2D eigenvalue weighted by atomic mass is 35.5. The number of para-hydroxylation sites is 1. The van der Waals surface area contributed by atoms with Crippen LogP contribution in [0.25, 0.3) is 0 Å². The quantitative estimate of drug-likeness (QED) is 0.544. The monoisotopic (exact) mass is 330 g/mol. The second-order valence-electron chi connectivity index (χ2n) is 4.59. The Morgan fingerprint density at radius 2 is 1.86 bits per heavy atom. The lowest BCUT2D eigenvalue weighted by atomic mass is 10.1. The lowest BCUT2D eigenvalue weighted by Gasteiger charge is -2.17. The predicted molar refractivity (Wildman–Crippen MR) is 87.4 cm³/mol. The zero-order chi connectivity index (χ0) is 17.1. The molecule has 22 heavy (non-hydrogen) atoms. The summed E-state index contributed by atoms with van der Waals surface area (Å²) in [5, 5.41) is 10.8. The Hall–Kier alpha value is -1.79. The van der Waals surface area contributed by atoms with E-state index >= 15 is 0 Å². The Bertz CT molecular complexity index is 474. The van der Waals surface area contributed by atoms with Crippen LogP contribution in [0.3, 0.4) is 0 Å². The summed E-state index contributed by atoms with van der Waals surface area (Å²) in [4.78, 5) is 20.8. The standard InChI is InChI=1S/C13H18ClNO2.C2H5NO2/c1-9-5-4-6-10(2)12(9)15-11(3)13(16)17-8-7-14;3-1-2(4)5/h4-6,11,15H,7-8H2,1-3H3;1,3H2,(H,4,5)/t11-;/m0./s1. The van der Waals surface area contributed by atoms with Crippen molar-refractivity contribution < 1.29 is 19.4 Å². The van der Waals surface area contributed by atoms with Gasteiger partial charge in [0, 0.05) is 5.69 Å². The summed E-state index contributed by atoms with van der Waals surface area (Å²) in [6.07, 6.45) is 0. The average molecular weight is 331 g/mol. The molecule has 7 heteroatoms. The van der Waals surface area contributed by atoms with Gasteiger partial charge in [-0.25, -0.2) is 4.79 Å². The number of alkyl halides is 1. The van der Waals surface area contributed by atoms with E-state index in [0.29, 0.717) is 5.88 Å². The minimum absolute atomic E-state index is 0.249. The Labute approximate surface area is 135 Å². The maximum Gasteiger partial charge on any atom is 0.328 e. The maximum absolute atomic E-state index is 11.6. The SMILES string of the molecule is Cc1cccc(C)c1N[C@@H](C)C(=O)OCCCl.NCC(=O)O. The van der Waals surface area contributed by atoms with Crippen LogP contribution in [0, 0.1) is 13.8 Å². The molecule has 0 saturated carbocycles. The molecule has 1 rings (SSSR count). The fourth-order valence-electron chi connectivity index (χ4n) is 1.58. The molecule has 0 heterocycles. The first-order valence-corrected chi connectivity index (χ1v) is 7.34. The topological polar surface area (TPSA) is 102 Å². The summed E-state index contributed by atoms with van der Waals surface area (Å²) in [6.45, 7) is 5.76. The number of nitrogens with two attached hydrogens (primary N) is 1. The van der Waals surface area contributed by atoms with E-state index in [-0.39, 0.29) is 25.2 Å². The van der Waals surface area contributed by atoms with Crippen molar-refractivity contribution in [3.8, 4) is 0 Å². The average Bonchev–Trinajstić information content (AvgIpc) is 2.48. The van der Waals surface area contributed by atoms with Crippen LogP contribution in [0.1, 0.15) is 18.1 Å². The number of ether oxygens (including phenoxy) is 1. The fraction of sp³-hybridized carbons (Fsp3) is 0.467. The number of benzene rings is 1. The lowest BCUT2D eigenvalue weighted by molar-refractivity contribution is -0.143. The number of rotatable bonds is 6. The molecule has 0 spiro atoms. The number of hydrogen-bond acceptors (Lipinski definition) is 5. The van der Waals surface area contributed by atoms with Gasteiger partial charge in [-0.05, 0) is 31.9 Å². The van der Waals surface area contributed by atoms with Gasteiger partial charge in [0.15, 0.2) is 0 Å². The molecule has 124 valence electrons. The van der Waals surface area contributed by atoms with Gasteiger partial charge in [0.25, 0.3) is 0 Å². The molecule has 0 bridgehead atoms. The smallest absolute Gasteiger partial charge is 0.328 e. The molecular weight excluding hydrogens is 308 g/mol. The minimum Gasteiger partial charge on any atom is -0.480 e. The molecule has 1 atom stereocenters. The van der Waals surface area contributed by atoms with Crippen LogP contribution in [0.15, 0.2) is 18.2 Å². The lowest BCUT2D eigenvalue weighted by Crippen LogP contribution is -2.29. The number of carboxylic acid groups (broad SMARTS) is 1. The molecule has 1 aromatic rings. The largest absolute Gasteiger partial charge is 0.480 e. The molecule has 0 aliphatic heterocycles. The van der Waals surface area contributed by atoms with Gasteiger partial charge in [0.2, 0.25) is 0 Å². The van der Waals surface area contributed by atoms with E-state index in [1.807, 2.05) is 32.0 Å². The Morgan fingerprint density at radius 1 is 1.36 bits per heavy atom. The van der Waals surface area contributed by atoms with Crippen LogP contribution in [0.2, 0.25) is 0 Å². The first-order valence-electron chi connectivity index (χ1n) is 6.80. The van der Waals surface area contributed by atoms with Crippen molar-refractivity contribution in [1.82, 2.24) is 0 Å². The summed E-state index contributed by atoms with van der Waals surface area (Å²) in [5.41, 5.74) is 7.79. The number of carbonyl (C=O) groups excluding carboxylic acids is 1. The highest BCUT2D eigenvalue weighted by Gasteiger charge is 2.15. The van der Waals surface area contributed by atoms with Gasteiger partial charge in [0.05, 0.1) is 12.4 Å². The number of anilines is 1. The van der Waals surface area contributed by atoms with Crippen molar-refractivity contribution in [1.29, 1.82) is 0 Å². The molecule has 0 radical (unpaired) electrons. The van der Waals surface area contributed by atoms with Crippen LogP contribution in [-0.2, 0) is 14.3 Å². The van der Waals surface area contributed by atoms with E-state index in [9.17, 15) is 9.59 Å². The zero-order valence-electron chi connectivity index (χ0n) is 13.1.